The lowest BCUT2D eigenvalue weighted by Gasteiger charge is -2.22. The van der Waals surface area contributed by atoms with Crippen LogP contribution < -0.4 is 4.74 Å². The Morgan fingerprint density at radius 1 is 1.32 bits per heavy atom. The largest absolute Gasteiger partial charge is 0.497 e. The molecular weight excluding hydrogens is 324 g/mol. The molecule has 1 unspecified atom stereocenters. The molecule has 2 rings (SSSR count). The predicted octanol–water partition coefficient (Wildman–Crippen LogP) is 6.10. The van der Waals surface area contributed by atoms with Gasteiger partial charge in [-0.3, -0.25) is 0 Å². The normalized spacial score (nSPS) is 18.3. The highest BCUT2D eigenvalue weighted by Gasteiger charge is 2.17. The van der Waals surface area contributed by atoms with E-state index < -0.39 is 0 Å². The van der Waals surface area contributed by atoms with Gasteiger partial charge in [0, 0.05) is 4.47 Å². The van der Waals surface area contributed by atoms with Gasteiger partial charge in [0.1, 0.15) is 5.75 Å². The summed E-state index contributed by atoms with van der Waals surface area (Å²) in [7, 11) is 1.68. The quantitative estimate of drug-likeness (QED) is 0.586. The Morgan fingerprint density at radius 3 is 2.68 bits per heavy atom. The SMILES string of the molecule is COc1ccc(C(Cl)CCC2CCCCC2)c(Br)c1. The van der Waals surface area contributed by atoms with E-state index in [-0.39, 0.29) is 5.38 Å². The van der Waals surface area contributed by atoms with E-state index in [1.54, 1.807) is 7.11 Å². The first-order valence-electron chi connectivity index (χ1n) is 7.18. The van der Waals surface area contributed by atoms with Crippen LogP contribution >= 0.6 is 27.5 Å². The minimum atomic E-state index is 0.0993. The van der Waals surface area contributed by atoms with Crippen LogP contribution in [-0.4, -0.2) is 7.11 Å². The highest BCUT2D eigenvalue weighted by molar-refractivity contribution is 9.10. The lowest BCUT2D eigenvalue weighted by molar-refractivity contribution is 0.331. The molecule has 0 heterocycles. The van der Waals surface area contributed by atoms with E-state index in [0.29, 0.717) is 0 Å². The van der Waals surface area contributed by atoms with Gasteiger partial charge < -0.3 is 4.74 Å². The van der Waals surface area contributed by atoms with E-state index >= 15 is 0 Å². The number of methoxy groups -OCH3 is 1. The predicted molar refractivity (Wildman–Crippen MR) is 85.1 cm³/mol. The Kier molecular flexibility index (Phi) is 6.03. The van der Waals surface area contributed by atoms with E-state index in [9.17, 15) is 0 Å². The number of rotatable bonds is 5. The van der Waals surface area contributed by atoms with Gasteiger partial charge in [0.25, 0.3) is 0 Å². The van der Waals surface area contributed by atoms with Crippen molar-refractivity contribution >= 4 is 27.5 Å². The summed E-state index contributed by atoms with van der Waals surface area (Å²) < 4.78 is 6.26. The van der Waals surface area contributed by atoms with Crippen LogP contribution in [0.3, 0.4) is 0 Å². The van der Waals surface area contributed by atoms with E-state index in [0.717, 1.165) is 22.6 Å². The van der Waals surface area contributed by atoms with Crippen LogP contribution in [0.1, 0.15) is 55.9 Å². The molecule has 0 aliphatic heterocycles. The Labute approximate surface area is 129 Å². The zero-order chi connectivity index (χ0) is 13.7. The molecular formula is C16H22BrClO. The zero-order valence-corrected chi connectivity index (χ0v) is 13.8. The smallest absolute Gasteiger partial charge is 0.120 e. The van der Waals surface area contributed by atoms with Crippen LogP contribution in [0.15, 0.2) is 22.7 Å². The third-order valence-corrected chi connectivity index (χ3v) is 5.24. The standard InChI is InChI=1S/C16H22BrClO/c1-19-13-8-9-14(15(17)11-13)16(18)10-7-12-5-3-2-4-6-12/h8-9,11-12,16H,2-7,10H2,1H3. The monoisotopic (exact) mass is 344 g/mol. The topological polar surface area (TPSA) is 9.23 Å². The van der Waals surface area contributed by atoms with Crippen molar-refractivity contribution in [3.8, 4) is 5.75 Å². The highest BCUT2D eigenvalue weighted by atomic mass is 79.9. The molecule has 0 bridgehead atoms. The molecule has 1 atom stereocenters. The molecule has 0 radical (unpaired) electrons. The summed E-state index contributed by atoms with van der Waals surface area (Å²) in [5, 5.41) is 0.0993. The molecule has 1 aliphatic rings. The van der Waals surface area contributed by atoms with Crippen LogP contribution in [0.5, 0.6) is 5.75 Å². The summed E-state index contributed by atoms with van der Waals surface area (Å²) in [6, 6.07) is 6.04. The Morgan fingerprint density at radius 2 is 2.05 bits per heavy atom. The fraction of sp³-hybridized carbons (Fsp3) is 0.625. The van der Waals surface area contributed by atoms with Crippen molar-refractivity contribution in [2.24, 2.45) is 5.92 Å². The van der Waals surface area contributed by atoms with Crippen molar-refractivity contribution < 1.29 is 4.74 Å². The van der Waals surface area contributed by atoms with Crippen molar-refractivity contribution in [2.45, 2.75) is 50.3 Å². The van der Waals surface area contributed by atoms with Crippen LogP contribution in [-0.2, 0) is 0 Å². The Bertz CT molecular complexity index is 402. The van der Waals surface area contributed by atoms with Gasteiger partial charge in [-0.15, -0.1) is 11.6 Å². The fourth-order valence-electron chi connectivity index (χ4n) is 2.90. The molecule has 0 spiro atoms. The summed E-state index contributed by atoms with van der Waals surface area (Å²) in [6.45, 7) is 0. The second kappa shape index (κ2) is 7.54. The van der Waals surface area contributed by atoms with E-state index in [2.05, 4.69) is 22.0 Å². The lowest BCUT2D eigenvalue weighted by atomic mass is 9.85. The van der Waals surface area contributed by atoms with Gasteiger partial charge in [-0.25, -0.2) is 0 Å². The van der Waals surface area contributed by atoms with Gasteiger partial charge in [0.05, 0.1) is 12.5 Å². The van der Waals surface area contributed by atoms with Crippen molar-refractivity contribution in [1.29, 1.82) is 0 Å². The Balaban J connectivity index is 1.89. The highest BCUT2D eigenvalue weighted by Crippen LogP contribution is 2.36. The molecule has 0 aromatic heterocycles. The van der Waals surface area contributed by atoms with E-state index in [1.165, 1.54) is 44.1 Å². The molecule has 1 aliphatic carbocycles. The number of hydrogen-bond acceptors (Lipinski definition) is 1. The first-order valence-corrected chi connectivity index (χ1v) is 8.41. The molecule has 3 heteroatoms. The molecule has 106 valence electrons. The van der Waals surface area contributed by atoms with Gasteiger partial charge in [0.2, 0.25) is 0 Å². The first kappa shape index (κ1) is 15.2. The van der Waals surface area contributed by atoms with Gasteiger partial charge in [-0.05, 0) is 36.5 Å². The number of alkyl halides is 1. The minimum absolute atomic E-state index is 0.0993. The van der Waals surface area contributed by atoms with Crippen LogP contribution in [0.2, 0.25) is 0 Å². The van der Waals surface area contributed by atoms with Gasteiger partial charge in [-0.2, -0.15) is 0 Å². The molecule has 0 N–H and O–H groups in total. The average molecular weight is 346 g/mol. The molecule has 1 saturated carbocycles. The maximum atomic E-state index is 6.56. The van der Waals surface area contributed by atoms with E-state index in [1.807, 2.05) is 12.1 Å². The zero-order valence-electron chi connectivity index (χ0n) is 11.5. The number of benzene rings is 1. The maximum absolute atomic E-state index is 6.56. The van der Waals surface area contributed by atoms with Crippen molar-refractivity contribution in [3.05, 3.63) is 28.2 Å². The fourth-order valence-corrected chi connectivity index (χ4v) is 3.98. The summed E-state index contributed by atoms with van der Waals surface area (Å²) in [5.74, 6) is 1.76. The molecule has 1 aromatic carbocycles. The van der Waals surface area contributed by atoms with Crippen LogP contribution in [0, 0.1) is 5.92 Å². The van der Waals surface area contributed by atoms with Crippen molar-refractivity contribution in [1.82, 2.24) is 0 Å². The number of hydrogen-bond donors (Lipinski definition) is 0. The van der Waals surface area contributed by atoms with Crippen LogP contribution in [0.25, 0.3) is 0 Å². The van der Waals surface area contributed by atoms with E-state index in [4.69, 9.17) is 16.3 Å². The third-order valence-electron chi connectivity index (χ3n) is 4.10. The molecule has 1 aromatic rings. The molecule has 1 nitrogen and oxygen atoms in total. The van der Waals surface area contributed by atoms with Gasteiger partial charge in [-0.1, -0.05) is 54.1 Å². The molecule has 1 fully saturated rings. The second-order valence-corrected chi connectivity index (χ2v) is 6.82. The second-order valence-electron chi connectivity index (χ2n) is 5.44. The first-order chi connectivity index (χ1) is 9.20. The van der Waals surface area contributed by atoms with Crippen molar-refractivity contribution in [2.75, 3.05) is 7.11 Å². The number of ether oxygens (including phenoxy) is 1. The molecule has 0 amide bonds. The Hall–Kier alpha value is -0.210. The van der Waals surface area contributed by atoms with Crippen molar-refractivity contribution in [3.63, 3.8) is 0 Å². The average Bonchev–Trinajstić information content (AvgIpc) is 2.45. The number of halogens is 2. The summed E-state index contributed by atoms with van der Waals surface area (Å²) in [4.78, 5) is 0. The summed E-state index contributed by atoms with van der Waals surface area (Å²) >= 11 is 10.1. The summed E-state index contributed by atoms with van der Waals surface area (Å²) in [6.07, 6.45) is 9.35. The van der Waals surface area contributed by atoms with Gasteiger partial charge in [0.15, 0.2) is 0 Å². The molecule has 0 saturated heterocycles. The third kappa shape index (κ3) is 4.39. The lowest BCUT2D eigenvalue weighted by Crippen LogP contribution is -2.07. The van der Waals surface area contributed by atoms with Crippen LogP contribution in [0.4, 0.5) is 0 Å². The maximum Gasteiger partial charge on any atom is 0.120 e. The van der Waals surface area contributed by atoms with Gasteiger partial charge >= 0.3 is 0 Å². The summed E-state index contributed by atoms with van der Waals surface area (Å²) in [5.41, 5.74) is 1.18. The minimum Gasteiger partial charge on any atom is -0.497 e. The molecule has 19 heavy (non-hydrogen) atoms.